The van der Waals surface area contributed by atoms with Gasteiger partial charge in [-0.2, -0.15) is 0 Å². The molecule has 0 fully saturated rings. The van der Waals surface area contributed by atoms with Crippen molar-refractivity contribution in [2.24, 2.45) is 0 Å². The van der Waals surface area contributed by atoms with Crippen LogP contribution in [0.15, 0.2) is 42.5 Å². The summed E-state index contributed by atoms with van der Waals surface area (Å²) in [5, 5.41) is 2.90. The van der Waals surface area contributed by atoms with Crippen LogP contribution in [0.5, 0.6) is 11.5 Å². The first-order valence-corrected chi connectivity index (χ1v) is 13.8. The van der Waals surface area contributed by atoms with Crippen molar-refractivity contribution in [3.05, 3.63) is 53.8 Å². The molecule has 2 rings (SSSR count). The van der Waals surface area contributed by atoms with E-state index in [2.05, 4.69) is 5.32 Å². The number of halogens is 1. The molecule has 0 aliphatic rings. The van der Waals surface area contributed by atoms with Crippen molar-refractivity contribution in [1.29, 1.82) is 0 Å². The quantitative estimate of drug-likeness (QED) is 0.420. The second kappa shape index (κ2) is 13.3. The van der Waals surface area contributed by atoms with Gasteiger partial charge in [0.25, 0.3) is 0 Å². The molecule has 0 radical (unpaired) electrons. The fraction of sp³-hybridized carbons (Fsp3) is 0.462. The van der Waals surface area contributed by atoms with Crippen LogP contribution in [-0.2, 0) is 26.2 Å². The Balaban J connectivity index is 2.52. The SMILES string of the molecule is CC[C@H](C)NC(=O)[C@H](CC)N(Cc1ccc(F)cc1)C(=O)CN(c1cc(OC)ccc1OC)S(C)(=O)=O. The number of nitrogens with one attached hydrogen (secondary N) is 1. The molecule has 0 aliphatic carbocycles. The third kappa shape index (κ3) is 8.08. The first kappa shape index (κ1) is 29.9. The van der Waals surface area contributed by atoms with Crippen molar-refractivity contribution >= 4 is 27.5 Å². The zero-order chi connectivity index (χ0) is 27.8. The van der Waals surface area contributed by atoms with E-state index in [1.54, 1.807) is 19.1 Å². The number of hydrogen-bond acceptors (Lipinski definition) is 6. The van der Waals surface area contributed by atoms with Gasteiger partial charge < -0.3 is 19.7 Å². The van der Waals surface area contributed by atoms with Gasteiger partial charge in [0.15, 0.2) is 0 Å². The molecule has 0 saturated carbocycles. The molecule has 2 atom stereocenters. The Bertz CT molecular complexity index is 1170. The summed E-state index contributed by atoms with van der Waals surface area (Å²) >= 11 is 0. The molecular weight excluding hydrogens is 501 g/mol. The molecule has 0 aliphatic heterocycles. The molecule has 2 amide bonds. The number of nitrogens with zero attached hydrogens (tertiary/aromatic N) is 2. The molecule has 204 valence electrons. The van der Waals surface area contributed by atoms with E-state index < -0.39 is 34.3 Å². The summed E-state index contributed by atoms with van der Waals surface area (Å²) in [6, 6.07) is 9.20. The van der Waals surface area contributed by atoms with Crippen molar-refractivity contribution in [1.82, 2.24) is 10.2 Å². The van der Waals surface area contributed by atoms with Gasteiger partial charge in [0.2, 0.25) is 21.8 Å². The molecule has 0 saturated heterocycles. The molecule has 2 aromatic rings. The summed E-state index contributed by atoms with van der Waals surface area (Å²) < 4.78 is 50.7. The van der Waals surface area contributed by atoms with Gasteiger partial charge >= 0.3 is 0 Å². The number of benzene rings is 2. The van der Waals surface area contributed by atoms with Crippen LogP contribution in [0.2, 0.25) is 0 Å². The van der Waals surface area contributed by atoms with Gasteiger partial charge in [-0.3, -0.25) is 13.9 Å². The Morgan fingerprint density at radius 3 is 2.19 bits per heavy atom. The number of carbonyl (C=O) groups is 2. The smallest absolute Gasteiger partial charge is 0.244 e. The van der Waals surface area contributed by atoms with Crippen LogP contribution in [0.3, 0.4) is 0 Å². The van der Waals surface area contributed by atoms with Crippen molar-refractivity contribution in [3.63, 3.8) is 0 Å². The van der Waals surface area contributed by atoms with E-state index in [1.807, 2.05) is 13.8 Å². The predicted octanol–water partition coefficient (Wildman–Crippen LogP) is 3.33. The highest BCUT2D eigenvalue weighted by Crippen LogP contribution is 2.34. The zero-order valence-corrected chi connectivity index (χ0v) is 23.0. The Labute approximate surface area is 218 Å². The highest BCUT2D eigenvalue weighted by molar-refractivity contribution is 7.92. The largest absolute Gasteiger partial charge is 0.497 e. The molecule has 37 heavy (non-hydrogen) atoms. The summed E-state index contributed by atoms with van der Waals surface area (Å²) in [5.41, 5.74) is 0.714. The topological polar surface area (TPSA) is 105 Å². The van der Waals surface area contributed by atoms with E-state index in [0.717, 1.165) is 10.6 Å². The van der Waals surface area contributed by atoms with E-state index in [1.165, 1.54) is 49.5 Å². The van der Waals surface area contributed by atoms with Gasteiger partial charge in [-0.15, -0.1) is 0 Å². The lowest BCUT2D eigenvalue weighted by molar-refractivity contribution is -0.140. The molecule has 0 bridgehead atoms. The lowest BCUT2D eigenvalue weighted by atomic mass is 10.1. The summed E-state index contributed by atoms with van der Waals surface area (Å²) in [6.45, 7) is 4.95. The predicted molar refractivity (Wildman–Crippen MR) is 141 cm³/mol. The molecule has 0 unspecified atom stereocenters. The molecular formula is C26H36FN3O6S. The normalized spacial score (nSPS) is 12.8. The molecule has 0 aromatic heterocycles. The minimum Gasteiger partial charge on any atom is -0.497 e. The third-order valence-corrected chi connectivity index (χ3v) is 7.11. The second-order valence-electron chi connectivity index (χ2n) is 8.70. The van der Waals surface area contributed by atoms with Gasteiger partial charge in [-0.05, 0) is 49.6 Å². The van der Waals surface area contributed by atoms with Crippen molar-refractivity contribution in [2.45, 2.75) is 52.2 Å². The minimum atomic E-state index is -3.96. The number of rotatable bonds is 13. The van der Waals surface area contributed by atoms with Crippen molar-refractivity contribution in [3.8, 4) is 11.5 Å². The van der Waals surface area contributed by atoms with Crippen LogP contribution in [0, 0.1) is 5.82 Å². The second-order valence-corrected chi connectivity index (χ2v) is 10.6. The Morgan fingerprint density at radius 1 is 1.03 bits per heavy atom. The van der Waals surface area contributed by atoms with Crippen molar-refractivity contribution in [2.75, 3.05) is 31.3 Å². The number of anilines is 1. The van der Waals surface area contributed by atoms with Crippen LogP contribution in [0.25, 0.3) is 0 Å². The number of carbonyl (C=O) groups excluding carboxylic acids is 2. The number of sulfonamides is 1. The lowest BCUT2D eigenvalue weighted by Gasteiger charge is -2.33. The molecule has 0 heterocycles. The molecule has 0 spiro atoms. The molecule has 1 N–H and O–H groups in total. The van der Waals surface area contributed by atoms with Gasteiger partial charge in [-0.25, -0.2) is 12.8 Å². The Morgan fingerprint density at radius 2 is 1.68 bits per heavy atom. The highest BCUT2D eigenvalue weighted by Gasteiger charge is 2.33. The fourth-order valence-electron chi connectivity index (χ4n) is 3.73. The zero-order valence-electron chi connectivity index (χ0n) is 22.2. The summed E-state index contributed by atoms with van der Waals surface area (Å²) in [4.78, 5) is 28.2. The van der Waals surface area contributed by atoms with E-state index in [0.29, 0.717) is 17.7 Å². The first-order valence-electron chi connectivity index (χ1n) is 12.0. The standard InChI is InChI=1S/C26H36FN3O6S/c1-7-18(3)28-26(32)22(8-2)29(16-19-9-11-20(27)12-10-19)25(31)17-30(37(6,33)34)23-15-21(35-4)13-14-24(23)36-5/h9-15,18,22H,7-8,16-17H2,1-6H3,(H,28,32)/t18-,22-/m0/s1. The van der Waals surface area contributed by atoms with E-state index in [4.69, 9.17) is 9.47 Å². The van der Waals surface area contributed by atoms with Gasteiger partial charge in [0.05, 0.1) is 26.2 Å². The first-order chi connectivity index (χ1) is 17.4. The average Bonchev–Trinajstić information content (AvgIpc) is 2.86. The maximum atomic E-state index is 13.8. The number of hydrogen-bond donors (Lipinski definition) is 1. The lowest BCUT2D eigenvalue weighted by Crippen LogP contribution is -2.53. The van der Waals surface area contributed by atoms with E-state index in [9.17, 15) is 22.4 Å². The Kier molecular flexibility index (Phi) is 10.7. The number of ether oxygens (including phenoxy) is 2. The van der Waals surface area contributed by atoms with Crippen LogP contribution in [0.1, 0.15) is 39.2 Å². The van der Waals surface area contributed by atoms with Gasteiger partial charge in [0, 0.05) is 18.7 Å². The van der Waals surface area contributed by atoms with Gasteiger partial charge in [0.1, 0.15) is 29.9 Å². The van der Waals surface area contributed by atoms with E-state index in [-0.39, 0.29) is 36.4 Å². The summed E-state index contributed by atoms with van der Waals surface area (Å²) in [6.07, 6.45) is 1.97. The van der Waals surface area contributed by atoms with Crippen LogP contribution >= 0.6 is 0 Å². The third-order valence-electron chi connectivity index (χ3n) is 5.99. The maximum absolute atomic E-state index is 13.8. The summed E-state index contributed by atoms with van der Waals surface area (Å²) in [5.74, 6) is -0.787. The Hall–Kier alpha value is -3.34. The summed E-state index contributed by atoms with van der Waals surface area (Å²) in [7, 11) is -1.13. The number of amides is 2. The van der Waals surface area contributed by atoms with Crippen molar-refractivity contribution < 1.29 is 31.9 Å². The monoisotopic (exact) mass is 537 g/mol. The highest BCUT2D eigenvalue weighted by atomic mass is 32.2. The molecule has 2 aromatic carbocycles. The van der Waals surface area contributed by atoms with Crippen LogP contribution < -0.4 is 19.1 Å². The average molecular weight is 538 g/mol. The molecule has 11 heteroatoms. The van der Waals surface area contributed by atoms with E-state index >= 15 is 0 Å². The van der Waals surface area contributed by atoms with Crippen LogP contribution in [-0.4, -0.2) is 64.2 Å². The molecule has 9 nitrogen and oxygen atoms in total. The van der Waals surface area contributed by atoms with Crippen LogP contribution in [0.4, 0.5) is 10.1 Å². The fourth-order valence-corrected chi connectivity index (χ4v) is 4.58. The van der Waals surface area contributed by atoms with Gasteiger partial charge in [-0.1, -0.05) is 26.0 Å². The number of methoxy groups -OCH3 is 2. The minimum absolute atomic E-state index is 0.0155. The maximum Gasteiger partial charge on any atom is 0.244 e.